The van der Waals surface area contributed by atoms with E-state index in [9.17, 15) is 10.2 Å². The summed E-state index contributed by atoms with van der Waals surface area (Å²) >= 11 is 0. The molecule has 3 rings (SSSR count). The van der Waals surface area contributed by atoms with Crippen LogP contribution in [0.5, 0.6) is 5.75 Å². The van der Waals surface area contributed by atoms with Crippen LogP contribution in [-0.2, 0) is 16.1 Å². The molecule has 1 saturated heterocycles. The van der Waals surface area contributed by atoms with Gasteiger partial charge in [0.1, 0.15) is 18.0 Å². The predicted molar refractivity (Wildman–Crippen MR) is 93.3 cm³/mol. The zero-order valence-corrected chi connectivity index (χ0v) is 14.2. The highest BCUT2D eigenvalue weighted by Gasteiger charge is 2.37. The first kappa shape index (κ1) is 17.9. The summed E-state index contributed by atoms with van der Waals surface area (Å²) in [6.45, 7) is 0.663. The van der Waals surface area contributed by atoms with Crippen molar-refractivity contribution in [3.63, 3.8) is 0 Å². The number of aliphatic hydroxyl groups excluding tert-OH is 2. The SMILES string of the molecule is COc1ccc([C@H]2C[C@@H](O)[C@H](O)[C@@H](COCc3ccccc3)O2)cc1. The fourth-order valence-electron chi connectivity index (χ4n) is 2.99. The van der Waals surface area contributed by atoms with Gasteiger partial charge in [0, 0.05) is 6.42 Å². The first-order valence-electron chi connectivity index (χ1n) is 8.44. The molecule has 0 aromatic heterocycles. The number of aliphatic hydroxyl groups is 2. The number of hydrogen-bond donors (Lipinski definition) is 2. The third-order valence-electron chi connectivity index (χ3n) is 4.45. The van der Waals surface area contributed by atoms with Gasteiger partial charge in [0.2, 0.25) is 0 Å². The van der Waals surface area contributed by atoms with Crippen molar-refractivity contribution < 1.29 is 24.4 Å². The lowest BCUT2D eigenvalue weighted by molar-refractivity contribution is -0.188. The summed E-state index contributed by atoms with van der Waals surface area (Å²) in [5.74, 6) is 0.767. The molecule has 0 radical (unpaired) electrons. The number of hydrogen-bond acceptors (Lipinski definition) is 5. The molecule has 25 heavy (non-hydrogen) atoms. The zero-order chi connectivity index (χ0) is 17.6. The molecular weight excluding hydrogens is 320 g/mol. The molecule has 1 aliphatic heterocycles. The average Bonchev–Trinajstić information content (AvgIpc) is 2.66. The van der Waals surface area contributed by atoms with E-state index in [1.54, 1.807) is 7.11 Å². The standard InChI is InChI=1S/C20H24O5/c1-23-16-9-7-15(8-10-16)18-11-17(21)20(22)19(25-18)13-24-12-14-5-3-2-4-6-14/h2-10,17-22H,11-13H2,1H3/t17-,18-,19-,20+/m1/s1. The van der Waals surface area contributed by atoms with E-state index >= 15 is 0 Å². The summed E-state index contributed by atoms with van der Waals surface area (Å²) in [5.41, 5.74) is 2.00. The van der Waals surface area contributed by atoms with E-state index in [0.717, 1.165) is 16.9 Å². The summed E-state index contributed by atoms with van der Waals surface area (Å²) in [6, 6.07) is 17.4. The van der Waals surface area contributed by atoms with Crippen LogP contribution in [0.2, 0.25) is 0 Å². The smallest absolute Gasteiger partial charge is 0.118 e. The maximum Gasteiger partial charge on any atom is 0.118 e. The molecule has 2 aromatic carbocycles. The van der Waals surface area contributed by atoms with Gasteiger partial charge in [-0.2, -0.15) is 0 Å². The van der Waals surface area contributed by atoms with Crippen LogP contribution in [0.15, 0.2) is 54.6 Å². The molecule has 0 amide bonds. The molecular formula is C20H24O5. The molecule has 0 bridgehead atoms. The van der Waals surface area contributed by atoms with Gasteiger partial charge in [-0.3, -0.25) is 0 Å². The largest absolute Gasteiger partial charge is 0.497 e. The predicted octanol–water partition coefficient (Wildman–Crippen LogP) is 2.46. The Morgan fingerprint density at radius 1 is 1.04 bits per heavy atom. The summed E-state index contributed by atoms with van der Waals surface area (Å²) in [4.78, 5) is 0. The van der Waals surface area contributed by atoms with Gasteiger partial charge in [0.25, 0.3) is 0 Å². The van der Waals surface area contributed by atoms with Crippen molar-refractivity contribution in [1.82, 2.24) is 0 Å². The van der Waals surface area contributed by atoms with Crippen molar-refractivity contribution in [2.24, 2.45) is 0 Å². The molecule has 0 unspecified atom stereocenters. The Morgan fingerprint density at radius 2 is 1.76 bits per heavy atom. The maximum absolute atomic E-state index is 10.2. The Bertz CT molecular complexity index is 643. The molecule has 1 heterocycles. The molecule has 2 aromatic rings. The fourth-order valence-corrected chi connectivity index (χ4v) is 2.99. The van der Waals surface area contributed by atoms with Gasteiger partial charge < -0.3 is 24.4 Å². The van der Waals surface area contributed by atoms with E-state index in [1.807, 2.05) is 54.6 Å². The van der Waals surface area contributed by atoms with Crippen LogP contribution in [0, 0.1) is 0 Å². The highest BCUT2D eigenvalue weighted by atomic mass is 16.6. The second-order valence-corrected chi connectivity index (χ2v) is 6.23. The Morgan fingerprint density at radius 3 is 2.44 bits per heavy atom. The van der Waals surface area contributed by atoms with E-state index in [4.69, 9.17) is 14.2 Å². The average molecular weight is 344 g/mol. The first-order valence-corrected chi connectivity index (χ1v) is 8.44. The Balaban J connectivity index is 1.60. The highest BCUT2D eigenvalue weighted by Crippen LogP contribution is 2.32. The van der Waals surface area contributed by atoms with Crippen LogP contribution in [-0.4, -0.2) is 42.2 Å². The molecule has 2 N–H and O–H groups in total. The molecule has 0 spiro atoms. The Labute approximate surface area is 147 Å². The second kappa shape index (κ2) is 8.45. The van der Waals surface area contributed by atoms with Crippen molar-refractivity contribution in [2.75, 3.05) is 13.7 Å². The quantitative estimate of drug-likeness (QED) is 0.843. The van der Waals surface area contributed by atoms with E-state index in [-0.39, 0.29) is 12.7 Å². The van der Waals surface area contributed by atoms with Crippen LogP contribution < -0.4 is 4.74 Å². The number of ether oxygens (including phenoxy) is 3. The minimum Gasteiger partial charge on any atom is -0.497 e. The van der Waals surface area contributed by atoms with Crippen molar-refractivity contribution in [3.05, 3.63) is 65.7 Å². The summed E-state index contributed by atoms with van der Waals surface area (Å²) in [7, 11) is 1.62. The lowest BCUT2D eigenvalue weighted by Crippen LogP contribution is -2.47. The minimum atomic E-state index is -0.953. The molecule has 1 fully saturated rings. The molecule has 1 aliphatic rings. The monoisotopic (exact) mass is 344 g/mol. The zero-order valence-electron chi connectivity index (χ0n) is 14.2. The van der Waals surface area contributed by atoms with Crippen LogP contribution in [0.1, 0.15) is 23.7 Å². The van der Waals surface area contributed by atoms with Crippen LogP contribution >= 0.6 is 0 Å². The van der Waals surface area contributed by atoms with E-state index in [1.165, 1.54) is 0 Å². The molecule has 4 atom stereocenters. The topological polar surface area (TPSA) is 68.2 Å². The van der Waals surface area contributed by atoms with Crippen LogP contribution in [0.3, 0.4) is 0 Å². The van der Waals surface area contributed by atoms with Gasteiger partial charge >= 0.3 is 0 Å². The summed E-state index contributed by atoms with van der Waals surface area (Å²) < 4.78 is 16.8. The Kier molecular flexibility index (Phi) is 6.04. The van der Waals surface area contributed by atoms with Crippen molar-refractivity contribution in [1.29, 1.82) is 0 Å². The number of methoxy groups -OCH3 is 1. The van der Waals surface area contributed by atoms with Crippen molar-refractivity contribution in [2.45, 2.75) is 37.4 Å². The normalized spacial score (nSPS) is 26.4. The van der Waals surface area contributed by atoms with Crippen LogP contribution in [0.25, 0.3) is 0 Å². The molecule has 5 nitrogen and oxygen atoms in total. The fraction of sp³-hybridized carbons (Fsp3) is 0.400. The lowest BCUT2D eigenvalue weighted by Gasteiger charge is -2.37. The molecule has 0 saturated carbocycles. The van der Waals surface area contributed by atoms with Gasteiger partial charge in [-0.1, -0.05) is 42.5 Å². The Hall–Kier alpha value is -1.92. The minimum absolute atomic E-state index is 0.222. The van der Waals surface area contributed by atoms with Gasteiger partial charge in [-0.05, 0) is 23.3 Å². The van der Waals surface area contributed by atoms with Crippen LogP contribution in [0.4, 0.5) is 0 Å². The third-order valence-corrected chi connectivity index (χ3v) is 4.45. The number of rotatable bonds is 6. The summed E-state index contributed by atoms with van der Waals surface area (Å²) in [5, 5.41) is 20.4. The maximum atomic E-state index is 10.2. The molecule has 5 heteroatoms. The second-order valence-electron chi connectivity index (χ2n) is 6.23. The van der Waals surface area contributed by atoms with Gasteiger partial charge in [-0.25, -0.2) is 0 Å². The molecule has 134 valence electrons. The third kappa shape index (κ3) is 4.58. The van der Waals surface area contributed by atoms with Crippen molar-refractivity contribution in [3.8, 4) is 5.75 Å². The van der Waals surface area contributed by atoms with Gasteiger partial charge in [-0.15, -0.1) is 0 Å². The summed E-state index contributed by atoms with van der Waals surface area (Å²) in [6.07, 6.45) is -2.30. The van der Waals surface area contributed by atoms with Gasteiger partial charge in [0.05, 0.1) is 32.5 Å². The first-order chi connectivity index (χ1) is 12.2. The highest BCUT2D eigenvalue weighted by molar-refractivity contribution is 5.29. The number of benzene rings is 2. The van der Waals surface area contributed by atoms with Crippen molar-refractivity contribution >= 4 is 0 Å². The van der Waals surface area contributed by atoms with E-state index in [0.29, 0.717) is 13.0 Å². The van der Waals surface area contributed by atoms with Gasteiger partial charge in [0.15, 0.2) is 0 Å². The lowest BCUT2D eigenvalue weighted by atomic mass is 9.94. The molecule has 0 aliphatic carbocycles. The van der Waals surface area contributed by atoms with E-state index < -0.39 is 18.3 Å². The van der Waals surface area contributed by atoms with E-state index in [2.05, 4.69) is 0 Å².